The Morgan fingerprint density at radius 3 is 2.80 bits per heavy atom. The SMILES string of the molecule is C[C@@H](Oc1cccc(F)c1)C(=O)Nc1ccc(N2CCOCC2)nc1. The Kier molecular flexibility index (Phi) is 5.45. The molecule has 1 saturated heterocycles. The average molecular weight is 345 g/mol. The van der Waals surface area contributed by atoms with Crippen molar-refractivity contribution in [1.82, 2.24) is 4.98 Å². The smallest absolute Gasteiger partial charge is 0.265 e. The number of aromatic nitrogens is 1. The van der Waals surface area contributed by atoms with Gasteiger partial charge in [0.1, 0.15) is 17.4 Å². The van der Waals surface area contributed by atoms with Crippen LogP contribution >= 0.6 is 0 Å². The van der Waals surface area contributed by atoms with E-state index in [-0.39, 0.29) is 5.91 Å². The average Bonchev–Trinajstić information content (AvgIpc) is 2.63. The molecule has 2 heterocycles. The van der Waals surface area contributed by atoms with Crippen LogP contribution in [0, 0.1) is 5.82 Å². The highest BCUT2D eigenvalue weighted by molar-refractivity contribution is 5.94. The van der Waals surface area contributed by atoms with Crippen molar-refractivity contribution in [3.63, 3.8) is 0 Å². The molecule has 0 unspecified atom stereocenters. The van der Waals surface area contributed by atoms with Gasteiger partial charge in [0.25, 0.3) is 5.91 Å². The zero-order chi connectivity index (χ0) is 17.6. The van der Waals surface area contributed by atoms with Crippen LogP contribution in [0.15, 0.2) is 42.6 Å². The molecule has 1 atom stereocenters. The number of pyridine rings is 1. The molecule has 1 amide bonds. The molecule has 1 fully saturated rings. The van der Waals surface area contributed by atoms with Gasteiger partial charge in [0.15, 0.2) is 6.10 Å². The van der Waals surface area contributed by atoms with E-state index in [0.29, 0.717) is 24.7 Å². The number of rotatable bonds is 5. The first-order valence-corrected chi connectivity index (χ1v) is 8.13. The van der Waals surface area contributed by atoms with Crippen molar-refractivity contribution in [3.05, 3.63) is 48.4 Å². The lowest BCUT2D eigenvalue weighted by atomic mass is 10.3. The minimum absolute atomic E-state index is 0.309. The summed E-state index contributed by atoms with van der Waals surface area (Å²) < 4.78 is 23.9. The van der Waals surface area contributed by atoms with Gasteiger partial charge in [-0.05, 0) is 31.2 Å². The summed E-state index contributed by atoms with van der Waals surface area (Å²) in [6.45, 7) is 4.59. The second-order valence-corrected chi connectivity index (χ2v) is 5.71. The number of ether oxygens (including phenoxy) is 2. The van der Waals surface area contributed by atoms with E-state index < -0.39 is 11.9 Å². The molecule has 25 heavy (non-hydrogen) atoms. The number of anilines is 2. The molecule has 1 N–H and O–H groups in total. The second kappa shape index (κ2) is 7.94. The summed E-state index contributed by atoms with van der Waals surface area (Å²) >= 11 is 0. The third kappa shape index (κ3) is 4.67. The predicted octanol–water partition coefficient (Wildman–Crippen LogP) is 2.46. The zero-order valence-corrected chi connectivity index (χ0v) is 13.9. The Morgan fingerprint density at radius 2 is 2.12 bits per heavy atom. The molecule has 3 rings (SSSR count). The normalized spacial score (nSPS) is 15.5. The summed E-state index contributed by atoms with van der Waals surface area (Å²) in [7, 11) is 0. The van der Waals surface area contributed by atoms with Gasteiger partial charge in [-0.3, -0.25) is 4.79 Å². The first-order valence-electron chi connectivity index (χ1n) is 8.13. The molecule has 0 saturated carbocycles. The van der Waals surface area contributed by atoms with Crippen LogP contribution in [-0.4, -0.2) is 43.3 Å². The fourth-order valence-electron chi connectivity index (χ4n) is 2.48. The molecule has 6 nitrogen and oxygen atoms in total. The number of amides is 1. The van der Waals surface area contributed by atoms with Crippen molar-refractivity contribution in [3.8, 4) is 5.75 Å². The Labute approximate surface area is 145 Å². The van der Waals surface area contributed by atoms with Gasteiger partial charge in [-0.2, -0.15) is 0 Å². The lowest BCUT2D eigenvalue weighted by molar-refractivity contribution is -0.122. The van der Waals surface area contributed by atoms with Gasteiger partial charge in [-0.1, -0.05) is 6.07 Å². The number of carbonyl (C=O) groups is 1. The van der Waals surface area contributed by atoms with Crippen molar-refractivity contribution in [1.29, 1.82) is 0 Å². The maximum atomic E-state index is 13.2. The third-order valence-corrected chi connectivity index (χ3v) is 3.83. The van der Waals surface area contributed by atoms with Crippen molar-refractivity contribution in [2.24, 2.45) is 0 Å². The number of nitrogens with one attached hydrogen (secondary N) is 1. The number of nitrogens with zero attached hydrogens (tertiary/aromatic N) is 2. The standard InChI is InChI=1S/C18H20FN3O3/c1-13(25-16-4-2-3-14(19)11-16)18(23)21-15-5-6-17(20-12-15)22-7-9-24-10-8-22/h2-6,11-13H,7-10H2,1H3,(H,21,23)/t13-/m1/s1. The minimum atomic E-state index is -0.763. The van der Waals surface area contributed by atoms with Gasteiger partial charge in [0, 0.05) is 19.2 Å². The molecule has 0 aliphatic carbocycles. The van der Waals surface area contributed by atoms with Gasteiger partial charge in [0.05, 0.1) is 25.1 Å². The lowest BCUT2D eigenvalue weighted by Gasteiger charge is -2.27. The van der Waals surface area contributed by atoms with Crippen molar-refractivity contribution < 1.29 is 18.7 Å². The number of morpholine rings is 1. The largest absolute Gasteiger partial charge is 0.481 e. The molecule has 1 aliphatic rings. The number of carbonyl (C=O) groups excluding carboxylic acids is 1. The molecular formula is C18H20FN3O3. The first kappa shape index (κ1) is 17.2. The lowest BCUT2D eigenvalue weighted by Crippen LogP contribution is -2.36. The van der Waals surface area contributed by atoms with Crippen LogP contribution in [0.2, 0.25) is 0 Å². The molecule has 1 aromatic heterocycles. The molecule has 132 valence electrons. The number of hydrogen-bond donors (Lipinski definition) is 1. The van der Waals surface area contributed by atoms with E-state index in [2.05, 4.69) is 15.2 Å². The molecule has 0 radical (unpaired) electrons. The number of hydrogen-bond acceptors (Lipinski definition) is 5. The molecule has 0 bridgehead atoms. The third-order valence-electron chi connectivity index (χ3n) is 3.83. The molecule has 2 aromatic rings. The first-order chi connectivity index (χ1) is 12.1. The van der Waals surface area contributed by atoms with E-state index in [0.717, 1.165) is 18.9 Å². The van der Waals surface area contributed by atoms with Gasteiger partial charge in [-0.25, -0.2) is 9.37 Å². The zero-order valence-electron chi connectivity index (χ0n) is 13.9. The van der Waals surface area contributed by atoms with Crippen LogP contribution < -0.4 is 15.0 Å². The van der Waals surface area contributed by atoms with Gasteiger partial charge < -0.3 is 19.7 Å². The van der Waals surface area contributed by atoms with E-state index in [1.165, 1.54) is 18.2 Å². The number of benzene rings is 1. The van der Waals surface area contributed by atoms with Crippen molar-refractivity contribution in [2.75, 3.05) is 36.5 Å². The Balaban J connectivity index is 1.56. The molecule has 1 aliphatic heterocycles. The predicted molar refractivity (Wildman–Crippen MR) is 92.4 cm³/mol. The van der Waals surface area contributed by atoms with Gasteiger partial charge >= 0.3 is 0 Å². The second-order valence-electron chi connectivity index (χ2n) is 5.71. The van der Waals surface area contributed by atoms with E-state index in [9.17, 15) is 9.18 Å². The van der Waals surface area contributed by atoms with E-state index in [1.54, 1.807) is 25.3 Å². The highest BCUT2D eigenvalue weighted by Crippen LogP contribution is 2.17. The van der Waals surface area contributed by atoms with Crippen LogP contribution in [0.3, 0.4) is 0 Å². The fraction of sp³-hybridized carbons (Fsp3) is 0.333. The summed E-state index contributed by atoms with van der Waals surface area (Å²) in [4.78, 5) is 18.7. The van der Waals surface area contributed by atoms with Crippen LogP contribution in [0.5, 0.6) is 5.75 Å². The molecule has 7 heteroatoms. The van der Waals surface area contributed by atoms with Crippen molar-refractivity contribution in [2.45, 2.75) is 13.0 Å². The highest BCUT2D eigenvalue weighted by Gasteiger charge is 2.16. The Hall–Kier alpha value is -2.67. The molecule has 0 spiro atoms. The fourth-order valence-corrected chi connectivity index (χ4v) is 2.48. The van der Waals surface area contributed by atoms with E-state index in [1.807, 2.05) is 6.07 Å². The topological polar surface area (TPSA) is 63.7 Å². The summed E-state index contributed by atoms with van der Waals surface area (Å²) in [5.74, 6) is 0.423. The maximum Gasteiger partial charge on any atom is 0.265 e. The summed E-state index contributed by atoms with van der Waals surface area (Å²) in [6.07, 6.45) is 0.846. The molecule has 1 aromatic carbocycles. The highest BCUT2D eigenvalue weighted by atomic mass is 19.1. The Bertz CT molecular complexity index is 718. The van der Waals surface area contributed by atoms with E-state index >= 15 is 0 Å². The van der Waals surface area contributed by atoms with E-state index in [4.69, 9.17) is 9.47 Å². The van der Waals surface area contributed by atoms with Gasteiger partial charge in [-0.15, -0.1) is 0 Å². The van der Waals surface area contributed by atoms with Crippen LogP contribution in [-0.2, 0) is 9.53 Å². The summed E-state index contributed by atoms with van der Waals surface area (Å²) in [5.41, 5.74) is 0.580. The number of halogens is 1. The monoisotopic (exact) mass is 345 g/mol. The Morgan fingerprint density at radius 1 is 1.32 bits per heavy atom. The summed E-state index contributed by atoms with van der Waals surface area (Å²) in [5, 5.41) is 2.74. The van der Waals surface area contributed by atoms with Crippen molar-refractivity contribution >= 4 is 17.4 Å². The van der Waals surface area contributed by atoms with Crippen LogP contribution in [0.4, 0.5) is 15.9 Å². The maximum absolute atomic E-state index is 13.2. The van der Waals surface area contributed by atoms with Gasteiger partial charge in [0.2, 0.25) is 0 Å². The molecular weight excluding hydrogens is 325 g/mol. The quantitative estimate of drug-likeness (QED) is 0.902. The minimum Gasteiger partial charge on any atom is -0.481 e. The summed E-state index contributed by atoms with van der Waals surface area (Å²) in [6, 6.07) is 9.35. The van der Waals surface area contributed by atoms with Crippen LogP contribution in [0.1, 0.15) is 6.92 Å². The van der Waals surface area contributed by atoms with Crippen LogP contribution in [0.25, 0.3) is 0 Å².